The molecule has 11 heteroatoms. The Morgan fingerprint density at radius 3 is 0.820 bits per heavy atom. The number of benzene rings is 4. The van der Waals surface area contributed by atoms with E-state index in [9.17, 15) is 0 Å². The lowest BCUT2D eigenvalue weighted by molar-refractivity contribution is -0.815. The number of methoxy groups -OCH3 is 8. The Labute approximate surface area is 292 Å². The minimum absolute atomic E-state index is 0.0875. The smallest absolute Gasteiger partial charge is 0.169 e. The molecule has 2 bridgehead atoms. The van der Waals surface area contributed by atoms with Crippen molar-refractivity contribution in [2.75, 3.05) is 56.9 Å². The largest absolute Gasteiger partial charge is 0.493 e. The number of rotatable bonds is 12. The van der Waals surface area contributed by atoms with E-state index < -0.39 is 36.0 Å². The molecular weight excluding hydrogens is 640 g/mol. The molecule has 4 aromatic carbocycles. The monoisotopic (exact) mass is 686 g/mol. The maximum atomic E-state index is 15.6. The molecule has 2 aliphatic heterocycles. The van der Waals surface area contributed by atoms with Crippen molar-refractivity contribution in [2.45, 2.75) is 24.2 Å². The summed E-state index contributed by atoms with van der Waals surface area (Å²) in [5.74, 6) is 3.64. The lowest BCUT2D eigenvalue weighted by Crippen LogP contribution is -3.02. The van der Waals surface area contributed by atoms with E-state index in [0.717, 1.165) is 22.3 Å². The van der Waals surface area contributed by atoms with Crippen molar-refractivity contribution in [3.05, 3.63) is 95.1 Å². The lowest BCUT2D eigenvalue weighted by Gasteiger charge is -2.48. The van der Waals surface area contributed by atoms with Crippen LogP contribution < -0.4 is 48.5 Å². The van der Waals surface area contributed by atoms with Gasteiger partial charge in [0.05, 0.1) is 79.1 Å². The van der Waals surface area contributed by atoms with E-state index in [1.54, 1.807) is 56.9 Å². The minimum Gasteiger partial charge on any atom is -0.493 e. The highest BCUT2D eigenvalue weighted by Crippen LogP contribution is 2.52. The number of carbonyl (C=O) groups excluding carboxylic acids is 1. The van der Waals surface area contributed by atoms with Crippen molar-refractivity contribution in [3.63, 3.8) is 0 Å². The van der Waals surface area contributed by atoms with Crippen LogP contribution in [0.25, 0.3) is 0 Å². The SMILES string of the molecule is COc1cccc([C@H]2[NH2+][C@@H](c3cccc(OC)c3OC)C3C(=O)C2[C@H](c2cccc(OC)c2OC)[NH2+][C@@H]3c2cccc(OC)c2OC)c1OC. The summed E-state index contributed by atoms with van der Waals surface area (Å²) in [5.41, 5.74) is 3.36. The second-order valence-electron chi connectivity index (χ2n) is 12.3. The number of ether oxygens (including phenoxy) is 8. The first-order chi connectivity index (χ1) is 24.4. The molecule has 0 saturated carbocycles. The number of quaternary nitrogens is 2. The first kappa shape index (κ1) is 34.7. The summed E-state index contributed by atoms with van der Waals surface area (Å²) in [6.45, 7) is 0. The van der Waals surface area contributed by atoms with Crippen LogP contribution in [-0.2, 0) is 4.79 Å². The Morgan fingerprint density at radius 2 is 0.620 bits per heavy atom. The highest BCUT2D eigenvalue weighted by molar-refractivity contribution is 5.88. The second-order valence-corrected chi connectivity index (χ2v) is 12.3. The van der Waals surface area contributed by atoms with Crippen molar-refractivity contribution in [3.8, 4) is 46.0 Å². The lowest BCUT2D eigenvalue weighted by atomic mass is 9.63. The molecule has 0 aliphatic carbocycles. The summed E-state index contributed by atoms with van der Waals surface area (Å²) in [7, 11) is 12.9. The highest BCUT2D eigenvalue weighted by atomic mass is 16.5. The third-order valence-electron chi connectivity index (χ3n) is 10.2. The average Bonchev–Trinajstić information content (AvgIpc) is 3.16. The number of hydrogen-bond donors (Lipinski definition) is 2. The van der Waals surface area contributed by atoms with Crippen LogP contribution in [0.4, 0.5) is 0 Å². The summed E-state index contributed by atoms with van der Waals surface area (Å²) in [6, 6.07) is 21.6. The van der Waals surface area contributed by atoms with E-state index in [1.165, 1.54) is 0 Å². The van der Waals surface area contributed by atoms with Gasteiger partial charge in [-0.15, -0.1) is 0 Å². The van der Waals surface area contributed by atoms with E-state index in [4.69, 9.17) is 37.9 Å². The molecule has 264 valence electrons. The number of ketones is 1. The summed E-state index contributed by atoms with van der Waals surface area (Å²) >= 11 is 0. The van der Waals surface area contributed by atoms with Crippen LogP contribution in [0, 0.1) is 11.8 Å². The number of Topliss-reactive ketones (excluding diaryl/α,β-unsaturated/α-hetero) is 1. The van der Waals surface area contributed by atoms with Crippen LogP contribution in [-0.4, -0.2) is 62.7 Å². The molecule has 2 unspecified atom stereocenters. The van der Waals surface area contributed by atoms with Crippen molar-refractivity contribution in [2.24, 2.45) is 11.8 Å². The molecule has 2 fully saturated rings. The standard InChI is InChI=1S/C39H44N2O9/c1-43-25-17-9-13-21(36(25)47-5)31-29-32(22-14-10-18-26(44-2)37(22)48-6)41-34(24-16-12-20-28(46-4)39(24)50-8)30(35(29)42)33(40-31)23-15-11-19-27(45-3)38(23)49-7/h9-20,29-34,40-41H,1-8H3/p+2/t29?,30?,31-,32+,33+,34-. The highest BCUT2D eigenvalue weighted by Gasteiger charge is 2.62. The van der Waals surface area contributed by atoms with Crippen molar-refractivity contribution < 1.29 is 53.3 Å². The van der Waals surface area contributed by atoms with Crippen LogP contribution in [0.1, 0.15) is 46.4 Å². The van der Waals surface area contributed by atoms with Gasteiger partial charge in [0.25, 0.3) is 0 Å². The van der Waals surface area contributed by atoms with Gasteiger partial charge in [-0.25, -0.2) is 0 Å². The first-order valence-corrected chi connectivity index (χ1v) is 16.5. The molecule has 11 nitrogen and oxygen atoms in total. The molecule has 0 radical (unpaired) electrons. The first-order valence-electron chi connectivity index (χ1n) is 16.5. The zero-order valence-electron chi connectivity index (χ0n) is 29.7. The van der Waals surface area contributed by atoms with E-state index in [1.807, 2.05) is 72.8 Å². The molecule has 50 heavy (non-hydrogen) atoms. The average molecular weight is 687 g/mol. The fraction of sp³-hybridized carbons (Fsp3) is 0.359. The number of para-hydroxylation sites is 4. The van der Waals surface area contributed by atoms with E-state index in [2.05, 4.69) is 10.6 Å². The second kappa shape index (κ2) is 14.8. The molecule has 2 heterocycles. The summed E-state index contributed by atoms with van der Waals surface area (Å²) < 4.78 is 47.0. The fourth-order valence-electron chi connectivity index (χ4n) is 8.19. The summed E-state index contributed by atoms with van der Waals surface area (Å²) in [5, 5.41) is 4.55. The maximum absolute atomic E-state index is 15.6. The Balaban J connectivity index is 1.66. The number of hydrogen-bond acceptors (Lipinski definition) is 9. The number of piperidine rings is 2. The number of nitrogens with two attached hydrogens (primary N) is 2. The van der Waals surface area contributed by atoms with Gasteiger partial charge in [-0.05, 0) is 48.5 Å². The van der Waals surface area contributed by atoms with Crippen LogP contribution in [0.5, 0.6) is 46.0 Å². The van der Waals surface area contributed by atoms with Gasteiger partial charge in [-0.2, -0.15) is 0 Å². The molecule has 4 N–H and O–H groups in total. The zero-order chi connectivity index (χ0) is 35.5. The molecule has 0 spiro atoms. The molecule has 2 aliphatic rings. The van der Waals surface area contributed by atoms with E-state index in [-0.39, 0.29) is 5.78 Å². The van der Waals surface area contributed by atoms with Gasteiger partial charge >= 0.3 is 0 Å². The Morgan fingerprint density at radius 1 is 0.380 bits per heavy atom. The van der Waals surface area contributed by atoms with Crippen LogP contribution in [0.2, 0.25) is 0 Å². The summed E-state index contributed by atoms with van der Waals surface area (Å²) in [6.07, 6.45) is 0. The molecule has 0 amide bonds. The number of fused-ring (bicyclic) bond motifs is 2. The van der Waals surface area contributed by atoms with E-state index >= 15 is 4.79 Å². The third-order valence-corrected chi connectivity index (χ3v) is 10.2. The van der Waals surface area contributed by atoms with Gasteiger partial charge in [0.2, 0.25) is 0 Å². The van der Waals surface area contributed by atoms with Crippen molar-refractivity contribution in [1.82, 2.24) is 0 Å². The molecule has 6 atom stereocenters. The van der Waals surface area contributed by atoms with Gasteiger partial charge in [0, 0.05) is 0 Å². The van der Waals surface area contributed by atoms with Gasteiger partial charge in [0.1, 0.15) is 36.0 Å². The zero-order valence-corrected chi connectivity index (χ0v) is 29.7. The predicted octanol–water partition coefficient (Wildman–Crippen LogP) is 3.98. The minimum atomic E-state index is -0.539. The normalized spacial score (nSPS) is 22.7. The maximum Gasteiger partial charge on any atom is 0.169 e. The van der Waals surface area contributed by atoms with Gasteiger partial charge in [0.15, 0.2) is 51.8 Å². The Kier molecular flexibility index (Phi) is 10.3. The predicted molar refractivity (Wildman–Crippen MR) is 185 cm³/mol. The van der Waals surface area contributed by atoms with Crippen molar-refractivity contribution >= 4 is 5.78 Å². The molecule has 6 rings (SSSR count). The van der Waals surface area contributed by atoms with Crippen LogP contribution in [0.15, 0.2) is 72.8 Å². The van der Waals surface area contributed by atoms with Gasteiger partial charge in [-0.1, -0.05) is 24.3 Å². The Bertz CT molecular complexity index is 1590. The van der Waals surface area contributed by atoms with Crippen LogP contribution in [0.3, 0.4) is 0 Å². The van der Waals surface area contributed by atoms with Gasteiger partial charge in [-0.3, -0.25) is 4.79 Å². The fourth-order valence-corrected chi connectivity index (χ4v) is 8.19. The van der Waals surface area contributed by atoms with Crippen LogP contribution >= 0.6 is 0 Å². The van der Waals surface area contributed by atoms with Gasteiger partial charge < -0.3 is 48.5 Å². The summed E-state index contributed by atoms with van der Waals surface area (Å²) in [4.78, 5) is 15.6. The quantitative estimate of drug-likeness (QED) is 0.228. The molecule has 2 saturated heterocycles. The molecular formula is C39H46N2O9+2. The molecule has 4 aromatic rings. The van der Waals surface area contributed by atoms with Crippen molar-refractivity contribution in [1.29, 1.82) is 0 Å². The number of carbonyl (C=O) groups is 1. The third kappa shape index (κ3) is 5.70. The van der Waals surface area contributed by atoms with E-state index in [0.29, 0.717) is 46.0 Å². The molecule has 0 aromatic heterocycles. The topological polar surface area (TPSA) is 124 Å². The Hall–Kier alpha value is -5.13.